The van der Waals surface area contributed by atoms with Crippen molar-refractivity contribution in [2.24, 2.45) is 0 Å². The number of nitrogens with zero attached hydrogens (tertiary/aromatic N) is 2. The lowest BCUT2D eigenvalue weighted by molar-refractivity contribution is 0.0932. The topological polar surface area (TPSA) is 66.9 Å². The zero-order valence-electron chi connectivity index (χ0n) is 15.0. The molecule has 1 aliphatic carbocycles. The van der Waals surface area contributed by atoms with Gasteiger partial charge in [-0.2, -0.15) is 0 Å². The molecule has 0 radical (unpaired) electrons. The van der Waals surface area contributed by atoms with Gasteiger partial charge >= 0.3 is 0 Å². The van der Waals surface area contributed by atoms with Gasteiger partial charge in [0.2, 0.25) is 0 Å². The maximum atomic E-state index is 12.2. The van der Waals surface area contributed by atoms with Crippen LogP contribution in [0.3, 0.4) is 0 Å². The maximum Gasteiger partial charge on any atom is 0.271 e. The monoisotopic (exact) mass is 338 g/mol. The number of anilines is 2. The zero-order chi connectivity index (χ0) is 17.6. The van der Waals surface area contributed by atoms with Crippen LogP contribution in [-0.4, -0.2) is 21.9 Å². The van der Waals surface area contributed by atoms with E-state index >= 15 is 0 Å². The Morgan fingerprint density at radius 2 is 1.76 bits per heavy atom. The molecule has 1 saturated carbocycles. The van der Waals surface area contributed by atoms with Crippen molar-refractivity contribution in [3.63, 3.8) is 0 Å². The van der Waals surface area contributed by atoms with Crippen molar-refractivity contribution in [2.45, 2.75) is 58.4 Å². The average Bonchev–Trinajstić information content (AvgIpc) is 3.15. The van der Waals surface area contributed by atoms with Crippen molar-refractivity contribution in [1.82, 2.24) is 15.3 Å². The Morgan fingerprint density at radius 3 is 2.32 bits per heavy atom. The van der Waals surface area contributed by atoms with Crippen LogP contribution in [0.2, 0.25) is 0 Å². The molecule has 3 rings (SSSR count). The Labute approximate surface area is 149 Å². The van der Waals surface area contributed by atoms with E-state index in [1.165, 1.54) is 24.0 Å². The number of hydrogen-bond donors (Lipinski definition) is 2. The molecule has 0 atom stereocenters. The third kappa shape index (κ3) is 4.16. The smallest absolute Gasteiger partial charge is 0.271 e. The summed E-state index contributed by atoms with van der Waals surface area (Å²) in [6, 6.07) is 6.62. The van der Waals surface area contributed by atoms with E-state index in [0.29, 0.717) is 11.5 Å². The van der Waals surface area contributed by atoms with Gasteiger partial charge in [0.15, 0.2) is 0 Å². The van der Waals surface area contributed by atoms with Crippen LogP contribution in [0.1, 0.15) is 61.1 Å². The van der Waals surface area contributed by atoms with Gasteiger partial charge in [-0.15, -0.1) is 0 Å². The summed E-state index contributed by atoms with van der Waals surface area (Å²) in [5.41, 5.74) is 3.98. The van der Waals surface area contributed by atoms with Crippen molar-refractivity contribution < 1.29 is 4.79 Å². The number of nitrogens with one attached hydrogen (secondary N) is 2. The Kier molecular flexibility index (Phi) is 5.64. The summed E-state index contributed by atoms with van der Waals surface area (Å²) in [5.74, 6) is 0.530. The Hall–Kier alpha value is -2.43. The van der Waals surface area contributed by atoms with Crippen molar-refractivity contribution in [2.75, 3.05) is 5.32 Å². The first-order valence-corrected chi connectivity index (χ1v) is 9.22. The second-order valence-electron chi connectivity index (χ2n) is 6.53. The van der Waals surface area contributed by atoms with Gasteiger partial charge in [-0.1, -0.05) is 44.9 Å². The van der Waals surface area contributed by atoms with Gasteiger partial charge in [-0.3, -0.25) is 4.79 Å². The third-order valence-electron chi connectivity index (χ3n) is 4.83. The Balaban J connectivity index is 1.71. The van der Waals surface area contributed by atoms with Crippen LogP contribution >= 0.6 is 0 Å². The first kappa shape index (κ1) is 17.4. The maximum absolute atomic E-state index is 12.2. The molecule has 1 heterocycles. The number of carbonyl (C=O) groups excluding carboxylic acids is 1. The van der Waals surface area contributed by atoms with Gasteiger partial charge in [0.25, 0.3) is 5.91 Å². The highest BCUT2D eigenvalue weighted by Gasteiger charge is 2.18. The molecule has 1 amide bonds. The molecule has 0 unspecified atom stereocenters. The van der Waals surface area contributed by atoms with E-state index < -0.39 is 0 Å². The number of benzene rings is 1. The quantitative estimate of drug-likeness (QED) is 0.835. The van der Waals surface area contributed by atoms with Crippen molar-refractivity contribution in [3.05, 3.63) is 47.4 Å². The van der Waals surface area contributed by atoms with Crippen LogP contribution in [-0.2, 0) is 12.8 Å². The fourth-order valence-corrected chi connectivity index (χ4v) is 3.37. The molecule has 2 N–H and O–H groups in total. The lowest BCUT2D eigenvalue weighted by Crippen LogP contribution is -2.33. The van der Waals surface area contributed by atoms with Gasteiger partial charge in [0.1, 0.15) is 11.5 Å². The van der Waals surface area contributed by atoms with Gasteiger partial charge in [-0.05, 0) is 36.8 Å². The number of aromatic nitrogens is 2. The van der Waals surface area contributed by atoms with Crippen LogP contribution in [0.15, 0.2) is 30.6 Å². The van der Waals surface area contributed by atoms with Gasteiger partial charge in [0.05, 0.1) is 12.4 Å². The van der Waals surface area contributed by atoms with E-state index in [9.17, 15) is 4.79 Å². The standard InChI is InChI=1S/C20H26N4O/c1-3-14-8-7-9-15(4-2)19(14)24-18-13-21-17(12-22-18)20(25)23-16-10-5-6-11-16/h7-9,12-13,16H,3-6,10-11H2,1-2H3,(H,22,24)(H,23,25). The Bertz CT molecular complexity index is 699. The summed E-state index contributed by atoms with van der Waals surface area (Å²) in [5, 5.41) is 6.42. The van der Waals surface area contributed by atoms with E-state index in [-0.39, 0.29) is 11.9 Å². The predicted octanol–water partition coefficient (Wildman–Crippen LogP) is 4.02. The van der Waals surface area contributed by atoms with Crippen molar-refractivity contribution in [3.8, 4) is 0 Å². The number of aryl methyl sites for hydroxylation is 2. The van der Waals surface area contributed by atoms with E-state index in [1.807, 2.05) is 0 Å². The molecule has 0 bridgehead atoms. The number of para-hydroxylation sites is 1. The highest BCUT2D eigenvalue weighted by Crippen LogP contribution is 2.25. The molecule has 2 aromatic rings. The molecule has 1 aromatic heterocycles. The number of rotatable bonds is 6. The third-order valence-corrected chi connectivity index (χ3v) is 4.83. The number of carbonyl (C=O) groups is 1. The molecule has 5 nitrogen and oxygen atoms in total. The van der Waals surface area contributed by atoms with E-state index in [1.54, 1.807) is 12.4 Å². The van der Waals surface area contributed by atoms with E-state index in [4.69, 9.17) is 0 Å². The lowest BCUT2D eigenvalue weighted by Gasteiger charge is -2.15. The minimum Gasteiger partial charge on any atom is -0.348 e. The molecule has 0 aliphatic heterocycles. The predicted molar refractivity (Wildman–Crippen MR) is 100 cm³/mol. The summed E-state index contributed by atoms with van der Waals surface area (Å²) in [6.45, 7) is 4.28. The fraction of sp³-hybridized carbons (Fsp3) is 0.450. The second kappa shape index (κ2) is 8.10. The molecule has 0 spiro atoms. The van der Waals surface area contributed by atoms with Gasteiger partial charge < -0.3 is 10.6 Å². The Morgan fingerprint density at radius 1 is 1.08 bits per heavy atom. The molecule has 132 valence electrons. The molecule has 1 aromatic carbocycles. The first-order valence-electron chi connectivity index (χ1n) is 9.22. The molecule has 1 fully saturated rings. The van der Waals surface area contributed by atoms with Crippen LogP contribution in [0.5, 0.6) is 0 Å². The largest absolute Gasteiger partial charge is 0.348 e. The first-order chi connectivity index (χ1) is 12.2. The molecular formula is C20H26N4O. The lowest BCUT2D eigenvalue weighted by atomic mass is 10.0. The average molecular weight is 338 g/mol. The minimum absolute atomic E-state index is 0.130. The van der Waals surface area contributed by atoms with Crippen LogP contribution < -0.4 is 10.6 Å². The van der Waals surface area contributed by atoms with E-state index in [2.05, 4.69) is 52.6 Å². The molecule has 25 heavy (non-hydrogen) atoms. The normalized spacial score (nSPS) is 14.5. The second-order valence-corrected chi connectivity index (χ2v) is 6.53. The minimum atomic E-state index is -0.130. The number of amides is 1. The molecule has 5 heteroatoms. The van der Waals surface area contributed by atoms with Gasteiger partial charge in [0, 0.05) is 11.7 Å². The summed E-state index contributed by atoms with van der Waals surface area (Å²) in [7, 11) is 0. The highest BCUT2D eigenvalue weighted by atomic mass is 16.1. The summed E-state index contributed by atoms with van der Waals surface area (Å²) >= 11 is 0. The summed E-state index contributed by atoms with van der Waals surface area (Å²) in [4.78, 5) is 20.9. The number of hydrogen-bond acceptors (Lipinski definition) is 4. The highest BCUT2D eigenvalue weighted by molar-refractivity contribution is 5.92. The van der Waals surface area contributed by atoms with Crippen molar-refractivity contribution in [1.29, 1.82) is 0 Å². The summed E-state index contributed by atoms with van der Waals surface area (Å²) in [6.07, 6.45) is 9.59. The van der Waals surface area contributed by atoms with Gasteiger partial charge in [-0.25, -0.2) is 9.97 Å². The molecular weight excluding hydrogens is 312 g/mol. The van der Waals surface area contributed by atoms with Crippen molar-refractivity contribution >= 4 is 17.4 Å². The SMILES string of the molecule is CCc1cccc(CC)c1Nc1cnc(C(=O)NC2CCCC2)cn1. The molecule has 0 saturated heterocycles. The van der Waals surface area contributed by atoms with Crippen LogP contribution in [0.25, 0.3) is 0 Å². The van der Waals surface area contributed by atoms with Crippen LogP contribution in [0.4, 0.5) is 11.5 Å². The summed E-state index contributed by atoms with van der Waals surface area (Å²) < 4.78 is 0. The van der Waals surface area contributed by atoms with E-state index in [0.717, 1.165) is 31.4 Å². The molecule has 1 aliphatic rings. The zero-order valence-corrected chi connectivity index (χ0v) is 15.0. The fourth-order valence-electron chi connectivity index (χ4n) is 3.37. The van der Waals surface area contributed by atoms with Crippen LogP contribution in [0, 0.1) is 0 Å².